The van der Waals surface area contributed by atoms with E-state index in [9.17, 15) is 0 Å². The molecule has 1 heterocycles. The summed E-state index contributed by atoms with van der Waals surface area (Å²) in [5, 5.41) is 0.191. The maximum Gasteiger partial charge on any atom is 0.168 e. The fourth-order valence-electron chi connectivity index (χ4n) is 1.70. The monoisotopic (exact) mass is 322 g/mol. The molecule has 0 atom stereocenters. The van der Waals surface area contributed by atoms with Crippen molar-refractivity contribution >= 4 is 40.9 Å². The van der Waals surface area contributed by atoms with Crippen LogP contribution in [0.15, 0.2) is 29.3 Å². The lowest BCUT2D eigenvalue weighted by molar-refractivity contribution is 0.590. The predicted molar refractivity (Wildman–Crippen MR) is 88.9 cm³/mol. The topological polar surface area (TPSA) is 64.2 Å². The molecular weight excluding hydrogens is 307 g/mol. The van der Waals surface area contributed by atoms with Gasteiger partial charge in [0.15, 0.2) is 16.1 Å². The van der Waals surface area contributed by atoms with Gasteiger partial charge in [0, 0.05) is 0 Å². The molecule has 0 aliphatic carbocycles. The fourth-order valence-corrected chi connectivity index (χ4v) is 1.96. The second-order valence-electron chi connectivity index (χ2n) is 5.63. The molecule has 0 amide bonds. The van der Waals surface area contributed by atoms with Crippen LogP contribution in [0.4, 0.5) is 11.5 Å². The molecule has 1 aromatic heterocycles. The predicted octanol–water partition coefficient (Wildman–Crippen LogP) is 4.41. The zero-order valence-electron chi connectivity index (χ0n) is 12.1. The number of aromatic nitrogens is 2. The first-order valence-corrected chi connectivity index (χ1v) is 7.16. The lowest BCUT2D eigenvalue weighted by atomic mass is 9.87. The second-order valence-corrected chi connectivity index (χ2v) is 6.35. The van der Waals surface area contributed by atoms with Crippen LogP contribution in [0.3, 0.4) is 0 Å². The van der Waals surface area contributed by atoms with E-state index < -0.39 is 0 Å². The maximum absolute atomic E-state index is 5.82. The fraction of sp³-hybridized carbons (Fsp3) is 0.267. The number of nitrogen functional groups attached to an aromatic ring is 1. The van der Waals surface area contributed by atoms with E-state index in [-0.39, 0.29) is 21.5 Å². The number of anilines is 1. The highest BCUT2D eigenvalue weighted by molar-refractivity contribution is 6.40. The van der Waals surface area contributed by atoms with Crippen LogP contribution in [-0.2, 0) is 5.41 Å². The molecule has 0 aliphatic rings. The Bertz CT molecular complexity index is 673. The first-order chi connectivity index (χ1) is 9.77. The van der Waals surface area contributed by atoms with Gasteiger partial charge >= 0.3 is 0 Å². The van der Waals surface area contributed by atoms with Crippen molar-refractivity contribution in [2.24, 2.45) is 4.99 Å². The molecule has 1 aromatic carbocycles. The number of rotatable bonds is 2. The second kappa shape index (κ2) is 6.00. The van der Waals surface area contributed by atoms with Gasteiger partial charge in [0.2, 0.25) is 0 Å². The van der Waals surface area contributed by atoms with Crippen LogP contribution in [0.25, 0.3) is 0 Å². The summed E-state index contributed by atoms with van der Waals surface area (Å²) in [7, 11) is 0. The van der Waals surface area contributed by atoms with Gasteiger partial charge in [-0.1, -0.05) is 56.1 Å². The molecule has 4 nitrogen and oxygen atoms in total. The first-order valence-electron chi connectivity index (χ1n) is 6.40. The Hall–Kier alpha value is -1.65. The summed E-state index contributed by atoms with van der Waals surface area (Å²) in [4.78, 5) is 12.3. The van der Waals surface area contributed by atoms with E-state index in [1.54, 1.807) is 0 Å². The van der Waals surface area contributed by atoms with E-state index in [0.717, 1.165) is 5.69 Å². The van der Waals surface area contributed by atoms with Gasteiger partial charge in [-0.25, -0.2) is 9.97 Å². The third-order valence-electron chi connectivity index (χ3n) is 2.94. The minimum atomic E-state index is 0.0841. The van der Waals surface area contributed by atoms with Gasteiger partial charge in [0.25, 0.3) is 0 Å². The van der Waals surface area contributed by atoms with Crippen LogP contribution in [0.5, 0.6) is 0 Å². The van der Waals surface area contributed by atoms with E-state index in [0.29, 0.717) is 5.69 Å². The molecule has 0 spiro atoms. The molecule has 0 fully saturated rings. The minimum Gasteiger partial charge on any atom is -0.382 e. The average Bonchev–Trinajstić information content (AvgIpc) is 2.41. The number of hydrogen-bond acceptors (Lipinski definition) is 4. The SMILES string of the molecule is CC(C)(C)c1ccc(N=Cc2nc(Cl)c(Cl)nc2N)cc1. The lowest BCUT2D eigenvalue weighted by Crippen LogP contribution is -2.10. The zero-order chi connectivity index (χ0) is 15.6. The summed E-state index contributed by atoms with van der Waals surface area (Å²) in [6, 6.07) is 7.99. The van der Waals surface area contributed by atoms with Crippen molar-refractivity contribution in [2.75, 3.05) is 5.73 Å². The number of hydrogen-bond donors (Lipinski definition) is 1. The van der Waals surface area contributed by atoms with E-state index in [1.807, 2.05) is 12.1 Å². The van der Waals surface area contributed by atoms with E-state index >= 15 is 0 Å². The van der Waals surface area contributed by atoms with Gasteiger partial charge in [-0.3, -0.25) is 4.99 Å². The molecule has 0 unspecified atom stereocenters. The highest BCUT2D eigenvalue weighted by Crippen LogP contribution is 2.24. The van der Waals surface area contributed by atoms with Gasteiger partial charge in [0.1, 0.15) is 5.69 Å². The summed E-state index contributed by atoms with van der Waals surface area (Å²) in [6.07, 6.45) is 1.52. The number of nitrogens with zero attached hydrogens (tertiary/aromatic N) is 3. The summed E-state index contributed by atoms with van der Waals surface area (Å²) in [5.41, 5.74) is 8.28. The quantitative estimate of drug-likeness (QED) is 0.832. The average molecular weight is 323 g/mol. The normalized spacial score (nSPS) is 12.0. The van der Waals surface area contributed by atoms with Crippen molar-refractivity contribution in [3.05, 3.63) is 45.8 Å². The van der Waals surface area contributed by atoms with E-state index in [4.69, 9.17) is 28.9 Å². The Morgan fingerprint density at radius 3 is 2.19 bits per heavy atom. The standard InChI is InChI=1S/C15H16Cl2N4/c1-15(2,3)9-4-6-10(7-5-9)19-8-11-14(18)21-13(17)12(16)20-11/h4-8H,1-3H3,(H2,18,21). The van der Waals surface area contributed by atoms with Crippen LogP contribution < -0.4 is 5.73 Å². The molecular formula is C15H16Cl2N4. The van der Waals surface area contributed by atoms with Crippen LogP contribution in [0, 0.1) is 0 Å². The first kappa shape index (κ1) is 15.7. The molecule has 0 saturated carbocycles. The summed E-state index contributed by atoms with van der Waals surface area (Å²) >= 11 is 11.5. The van der Waals surface area contributed by atoms with Crippen molar-refractivity contribution in [3.8, 4) is 0 Å². The van der Waals surface area contributed by atoms with Crippen LogP contribution in [-0.4, -0.2) is 16.2 Å². The molecule has 2 rings (SSSR count). The molecule has 0 aliphatic heterocycles. The molecule has 21 heavy (non-hydrogen) atoms. The van der Waals surface area contributed by atoms with Crippen molar-refractivity contribution < 1.29 is 0 Å². The minimum absolute atomic E-state index is 0.0841. The number of nitrogens with two attached hydrogens (primary N) is 1. The third-order valence-corrected chi connectivity index (χ3v) is 3.56. The smallest absolute Gasteiger partial charge is 0.168 e. The maximum atomic E-state index is 5.82. The molecule has 6 heteroatoms. The van der Waals surface area contributed by atoms with Crippen molar-refractivity contribution in [1.29, 1.82) is 0 Å². The Morgan fingerprint density at radius 2 is 1.62 bits per heavy atom. The van der Waals surface area contributed by atoms with E-state index in [1.165, 1.54) is 11.8 Å². The molecule has 0 saturated heterocycles. The Balaban J connectivity index is 2.24. The zero-order valence-corrected chi connectivity index (χ0v) is 13.6. The third kappa shape index (κ3) is 3.93. The Kier molecular flexibility index (Phi) is 4.49. The summed E-state index contributed by atoms with van der Waals surface area (Å²) in [5.74, 6) is 0.194. The van der Waals surface area contributed by atoms with Crippen molar-refractivity contribution in [1.82, 2.24) is 9.97 Å². The molecule has 0 bridgehead atoms. The number of benzene rings is 1. The Morgan fingerprint density at radius 1 is 1.05 bits per heavy atom. The molecule has 110 valence electrons. The van der Waals surface area contributed by atoms with Gasteiger partial charge in [-0.15, -0.1) is 0 Å². The van der Waals surface area contributed by atoms with Crippen LogP contribution >= 0.6 is 23.2 Å². The molecule has 2 N–H and O–H groups in total. The summed E-state index contributed by atoms with van der Waals surface area (Å²) < 4.78 is 0. The molecule has 0 radical (unpaired) electrons. The Labute approximate surface area is 134 Å². The van der Waals surface area contributed by atoms with Crippen molar-refractivity contribution in [2.45, 2.75) is 26.2 Å². The van der Waals surface area contributed by atoms with E-state index in [2.05, 4.69) is 47.9 Å². The number of halogens is 2. The largest absolute Gasteiger partial charge is 0.382 e. The van der Waals surface area contributed by atoms with Crippen LogP contribution in [0.2, 0.25) is 10.3 Å². The van der Waals surface area contributed by atoms with Gasteiger partial charge < -0.3 is 5.73 Å². The lowest BCUT2D eigenvalue weighted by Gasteiger charge is -2.18. The number of aliphatic imine (C=N–C) groups is 1. The van der Waals surface area contributed by atoms with Crippen LogP contribution in [0.1, 0.15) is 32.0 Å². The highest BCUT2D eigenvalue weighted by Gasteiger charge is 2.12. The molecule has 2 aromatic rings. The van der Waals surface area contributed by atoms with Gasteiger partial charge in [-0.05, 0) is 23.1 Å². The van der Waals surface area contributed by atoms with Gasteiger partial charge in [-0.2, -0.15) is 0 Å². The van der Waals surface area contributed by atoms with Gasteiger partial charge in [0.05, 0.1) is 11.9 Å². The summed E-state index contributed by atoms with van der Waals surface area (Å²) in [6.45, 7) is 6.49. The highest BCUT2D eigenvalue weighted by atomic mass is 35.5. The van der Waals surface area contributed by atoms with Crippen molar-refractivity contribution in [3.63, 3.8) is 0 Å².